The number of nitrogens with one attached hydrogen (secondary N) is 1. The summed E-state index contributed by atoms with van der Waals surface area (Å²) in [5.74, 6) is 0. The SMILES string of the molecule is C1=CS(c2cn[nH]c2)=CC1. The zero-order valence-corrected chi connectivity index (χ0v) is 6.27. The summed E-state index contributed by atoms with van der Waals surface area (Å²) in [5.41, 5.74) is 0. The highest BCUT2D eigenvalue weighted by Crippen LogP contribution is 2.29. The van der Waals surface area contributed by atoms with Crippen LogP contribution in [0.5, 0.6) is 0 Å². The molecule has 1 unspecified atom stereocenters. The highest BCUT2D eigenvalue weighted by molar-refractivity contribution is 8.17. The maximum atomic E-state index is 3.89. The molecule has 10 heavy (non-hydrogen) atoms. The summed E-state index contributed by atoms with van der Waals surface area (Å²) in [5, 5.41) is 11.2. The maximum Gasteiger partial charge on any atom is 0.0621 e. The van der Waals surface area contributed by atoms with Crippen LogP contribution in [0.2, 0.25) is 0 Å². The van der Waals surface area contributed by atoms with E-state index in [9.17, 15) is 0 Å². The zero-order valence-electron chi connectivity index (χ0n) is 5.45. The first-order valence-electron chi connectivity index (χ1n) is 3.17. The van der Waals surface area contributed by atoms with Gasteiger partial charge in [0.1, 0.15) is 0 Å². The number of allylic oxidation sites excluding steroid dienone is 1. The first-order chi connectivity index (χ1) is 4.97. The van der Waals surface area contributed by atoms with Crippen molar-refractivity contribution in [1.29, 1.82) is 0 Å². The van der Waals surface area contributed by atoms with Crippen LogP contribution in [0.1, 0.15) is 6.42 Å². The van der Waals surface area contributed by atoms with Gasteiger partial charge in [-0.1, -0.05) is 6.08 Å². The van der Waals surface area contributed by atoms with Crippen LogP contribution in [0.3, 0.4) is 0 Å². The highest BCUT2D eigenvalue weighted by atomic mass is 32.2. The van der Waals surface area contributed by atoms with Gasteiger partial charge in [0.25, 0.3) is 0 Å². The van der Waals surface area contributed by atoms with E-state index in [4.69, 9.17) is 0 Å². The van der Waals surface area contributed by atoms with Crippen LogP contribution in [0.25, 0.3) is 0 Å². The second-order valence-electron chi connectivity index (χ2n) is 2.08. The molecule has 0 aliphatic carbocycles. The standard InChI is InChI=1S/C7H8N2S/c1-2-4-10(3-1)7-5-8-9-6-7/h1,3-6H,2H2,(H,8,9). The van der Waals surface area contributed by atoms with E-state index >= 15 is 0 Å². The molecule has 1 aliphatic rings. The van der Waals surface area contributed by atoms with Gasteiger partial charge in [-0.3, -0.25) is 5.10 Å². The Balaban J connectivity index is 2.36. The average molecular weight is 152 g/mol. The Hall–Kier alpha value is -0.830. The van der Waals surface area contributed by atoms with Crippen molar-refractivity contribution >= 4 is 15.9 Å². The fraction of sp³-hybridized carbons (Fsp3) is 0.143. The molecule has 1 aromatic rings. The highest BCUT2D eigenvalue weighted by Gasteiger charge is 1.98. The second kappa shape index (κ2) is 2.42. The number of H-pyrrole nitrogens is 1. The van der Waals surface area contributed by atoms with Crippen LogP contribution >= 0.6 is 10.5 Å². The molecule has 0 bridgehead atoms. The number of hydrogen-bond donors (Lipinski definition) is 1. The topological polar surface area (TPSA) is 28.7 Å². The molecule has 0 radical (unpaired) electrons. The lowest BCUT2D eigenvalue weighted by molar-refractivity contribution is 1.09. The van der Waals surface area contributed by atoms with Crippen molar-refractivity contribution in [2.45, 2.75) is 11.3 Å². The third-order valence-electron chi connectivity index (χ3n) is 1.40. The quantitative estimate of drug-likeness (QED) is 0.610. The van der Waals surface area contributed by atoms with Crippen LogP contribution in [0, 0.1) is 0 Å². The Morgan fingerprint density at radius 2 is 2.60 bits per heavy atom. The molecule has 3 heteroatoms. The minimum atomic E-state index is 0.241. The van der Waals surface area contributed by atoms with Gasteiger partial charge >= 0.3 is 0 Å². The Kier molecular flexibility index (Phi) is 1.43. The minimum absolute atomic E-state index is 0.241. The van der Waals surface area contributed by atoms with Gasteiger partial charge in [-0.2, -0.15) is 5.10 Å². The molecule has 0 saturated heterocycles. The lowest BCUT2D eigenvalue weighted by Gasteiger charge is -1.91. The summed E-state index contributed by atoms with van der Waals surface area (Å²) in [6.07, 6.45) is 7.13. The monoisotopic (exact) mass is 152 g/mol. The first-order valence-corrected chi connectivity index (χ1v) is 4.52. The molecule has 1 N–H and O–H groups in total. The van der Waals surface area contributed by atoms with E-state index in [1.165, 1.54) is 4.90 Å². The summed E-state index contributed by atoms with van der Waals surface area (Å²) in [4.78, 5) is 1.29. The van der Waals surface area contributed by atoms with E-state index in [1.807, 2.05) is 12.4 Å². The molecule has 1 atom stereocenters. The molecule has 0 spiro atoms. The van der Waals surface area contributed by atoms with Crippen molar-refractivity contribution in [2.24, 2.45) is 0 Å². The van der Waals surface area contributed by atoms with Gasteiger partial charge in [0.05, 0.1) is 6.20 Å². The molecule has 0 amide bonds. The van der Waals surface area contributed by atoms with E-state index in [0.717, 1.165) is 6.42 Å². The van der Waals surface area contributed by atoms with Crippen molar-refractivity contribution < 1.29 is 0 Å². The van der Waals surface area contributed by atoms with Gasteiger partial charge in [0, 0.05) is 11.1 Å². The molecule has 0 saturated carbocycles. The van der Waals surface area contributed by atoms with Crippen molar-refractivity contribution in [3.05, 3.63) is 23.9 Å². The predicted molar refractivity (Wildman–Crippen MR) is 44.3 cm³/mol. The number of nitrogens with zero attached hydrogens (tertiary/aromatic N) is 1. The van der Waals surface area contributed by atoms with Gasteiger partial charge in [0.2, 0.25) is 0 Å². The van der Waals surface area contributed by atoms with Crippen molar-refractivity contribution in [3.8, 4) is 0 Å². The Morgan fingerprint density at radius 3 is 3.20 bits per heavy atom. The normalized spacial score (nSPS) is 23.0. The Labute approximate surface area is 61.9 Å². The summed E-state index contributed by atoms with van der Waals surface area (Å²) in [6, 6.07) is 0. The van der Waals surface area contributed by atoms with Gasteiger partial charge in [0.15, 0.2) is 0 Å². The van der Waals surface area contributed by atoms with E-state index in [2.05, 4.69) is 27.0 Å². The number of rotatable bonds is 1. The van der Waals surface area contributed by atoms with E-state index in [1.54, 1.807) is 0 Å². The lowest BCUT2D eigenvalue weighted by atomic mass is 10.5. The summed E-state index contributed by atoms with van der Waals surface area (Å²) < 4.78 is 0. The van der Waals surface area contributed by atoms with E-state index in [0.29, 0.717) is 0 Å². The largest absolute Gasteiger partial charge is 0.285 e. The van der Waals surface area contributed by atoms with Crippen LogP contribution in [-0.4, -0.2) is 15.6 Å². The summed E-state index contributed by atoms with van der Waals surface area (Å²) in [7, 11) is 0.241. The first kappa shape index (κ1) is 5.92. The number of aromatic amines is 1. The van der Waals surface area contributed by atoms with Crippen molar-refractivity contribution in [3.63, 3.8) is 0 Å². The minimum Gasteiger partial charge on any atom is -0.285 e. The third kappa shape index (κ3) is 0.926. The van der Waals surface area contributed by atoms with Crippen molar-refractivity contribution in [2.75, 3.05) is 0 Å². The molecule has 2 nitrogen and oxygen atoms in total. The smallest absolute Gasteiger partial charge is 0.0621 e. The molecule has 2 heterocycles. The Bertz CT molecular complexity index is 272. The maximum absolute atomic E-state index is 3.89. The second-order valence-corrected chi connectivity index (χ2v) is 3.90. The number of hydrogen-bond acceptors (Lipinski definition) is 1. The lowest BCUT2D eigenvalue weighted by Crippen LogP contribution is -1.64. The van der Waals surface area contributed by atoms with Gasteiger partial charge in [-0.05, 0) is 17.2 Å². The molecule has 0 aromatic carbocycles. The molecular weight excluding hydrogens is 144 g/mol. The van der Waals surface area contributed by atoms with Crippen LogP contribution in [0.4, 0.5) is 0 Å². The molecular formula is C7H8N2S. The molecule has 52 valence electrons. The fourth-order valence-electron chi connectivity index (χ4n) is 0.917. The van der Waals surface area contributed by atoms with Crippen LogP contribution in [0.15, 0.2) is 28.8 Å². The molecule has 0 fully saturated rings. The summed E-state index contributed by atoms with van der Waals surface area (Å²) in [6.45, 7) is 0. The van der Waals surface area contributed by atoms with Crippen molar-refractivity contribution in [1.82, 2.24) is 10.2 Å². The van der Waals surface area contributed by atoms with E-state index < -0.39 is 0 Å². The summed E-state index contributed by atoms with van der Waals surface area (Å²) >= 11 is 0. The zero-order chi connectivity index (χ0) is 6.81. The van der Waals surface area contributed by atoms with Gasteiger partial charge in [-0.25, -0.2) is 0 Å². The van der Waals surface area contributed by atoms with Crippen LogP contribution in [-0.2, 0) is 0 Å². The molecule has 1 aromatic heterocycles. The average Bonchev–Trinajstić information content (AvgIpc) is 2.59. The molecule has 1 aliphatic heterocycles. The van der Waals surface area contributed by atoms with Crippen LogP contribution < -0.4 is 0 Å². The molecule has 2 rings (SSSR count). The fourth-order valence-corrected chi connectivity index (χ4v) is 2.38. The Morgan fingerprint density at radius 1 is 1.60 bits per heavy atom. The third-order valence-corrected chi connectivity index (χ3v) is 3.20. The number of aromatic nitrogens is 2. The van der Waals surface area contributed by atoms with E-state index in [-0.39, 0.29) is 10.5 Å². The van der Waals surface area contributed by atoms with Gasteiger partial charge < -0.3 is 0 Å². The predicted octanol–water partition coefficient (Wildman–Crippen LogP) is 1.76. The van der Waals surface area contributed by atoms with Gasteiger partial charge in [-0.15, -0.1) is 10.5 Å².